The number of benzene rings is 2. The van der Waals surface area contributed by atoms with Crippen molar-refractivity contribution in [1.29, 1.82) is 0 Å². The highest BCUT2D eigenvalue weighted by Gasteiger charge is 2.13. The second-order valence-corrected chi connectivity index (χ2v) is 6.86. The summed E-state index contributed by atoms with van der Waals surface area (Å²) in [6.45, 7) is 6.49. The molecule has 0 aliphatic heterocycles. The van der Waals surface area contributed by atoms with Crippen molar-refractivity contribution in [1.82, 2.24) is 0 Å². The first-order chi connectivity index (χ1) is 9.38. The predicted octanol–water partition coefficient (Wildman–Crippen LogP) is 5.09. The lowest BCUT2D eigenvalue weighted by molar-refractivity contribution is 0.112. The first-order valence-electron chi connectivity index (χ1n) is 6.43. The highest BCUT2D eigenvalue weighted by atomic mass is 32.2. The van der Waals surface area contributed by atoms with Gasteiger partial charge in [0.15, 0.2) is 0 Å². The van der Waals surface area contributed by atoms with E-state index < -0.39 is 0 Å². The molecule has 2 rings (SSSR count). The van der Waals surface area contributed by atoms with Crippen LogP contribution < -0.4 is 0 Å². The minimum absolute atomic E-state index is 0.118. The first kappa shape index (κ1) is 14.8. The van der Waals surface area contributed by atoms with Crippen molar-refractivity contribution in [3.05, 3.63) is 59.4 Å². The molecule has 2 aromatic carbocycles. The van der Waals surface area contributed by atoms with Gasteiger partial charge in [0.25, 0.3) is 0 Å². The highest BCUT2D eigenvalue weighted by Crippen LogP contribution is 2.31. The Balaban J connectivity index is 2.22. The zero-order chi connectivity index (χ0) is 14.8. The lowest BCUT2D eigenvalue weighted by Gasteiger charge is -2.19. The Labute approximate surface area is 123 Å². The number of carbonyl (C=O) groups is 1. The number of aldehydes is 1. The molecular weight excluding hydrogens is 271 g/mol. The van der Waals surface area contributed by atoms with Gasteiger partial charge in [0, 0.05) is 15.4 Å². The second-order valence-electron chi connectivity index (χ2n) is 5.71. The van der Waals surface area contributed by atoms with Gasteiger partial charge in [0.2, 0.25) is 0 Å². The van der Waals surface area contributed by atoms with E-state index in [-0.39, 0.29) is 11.2 Å². The normalized spacial score (nSPS) is 11.4. The molecule has 0 aromatic heterocycles. The van der Waals surface area contributed by atoms with Crippen molar-refractivity contribution < 1.29 is 9.18 Å². The molecule has 0 aliphatic rings. The first-order valence-corrected chi connectivity index (χ1v) is 7.24. The third-order valence-corrected chi connectivity index (χ3v) is 3.97. The summed E-state index contributed by atoms with van der Waals surface area (Å²) < 4.78 is 13.4. The van der Waals surface area contributed by atoms with Gasteiger partial charge in [-0.25, -0.2) is 4.39 Å². The fourth-order valence-electron chi connectivity index (χ4n) is 1.87. The van der Waals surface area contributed by atoms with E-state index in [0.29, 0.717) is 11.8 Å². The second kappa shape index (κ2) is 5.80. The minimum Gasteiger partial charge on any atom is -0.298 e. The molecule has 2 aromatic rings. The van der Waals surface area contributed by atoms with Crippen molar-refractivity contribution >= 4 is 18.0 Å². The molecule has 0 atom stereocenters. The van der Waals surface area contributed by atoms with Crippen LogP contribution in [-0.4, -0.2) is 6.29 Å². The van der Waals surface area contributed by atoms with Crippen LogP contribution in [0.25, 0.3) is 0 Å². The average molecular weight is 288 g/mol. The van der Waals surface area contributed by atoms with Crippen LogP contribution in [0.1, 0.15) is 36.7 Å². The lowest BCUT2D eigenvalue weighted by atomic mass is 9.87. The SMILES string of the molecule is CC(C)(C)c1ccc(Sc2cc(F)cc(C=O)c2)cc1. The summed E-state index contributed by atoms with van der Waals surface area (Å²) >= 11 is 1.45. The third-order valence-electron chi connectivity index (χ3n) is 2.99. The maximum atomic E-state index is 13.4. The number of halogens is 1. The van der Waals surface area contributed by atoms with E-state index in [1.54, 1.807) is 6.07 Å². The summed E-state index contributed by atoms with van der Waals surface area (Å²) in [6.07, 6.45) is 0.663. The van der Waals surface area contributed by atoms with E-state index >= 15 is 0 Å². The van der Waals surface area contributed by atoms with E-state index in [9.17, 15) is 9.18 Å². The van der Waals surface area contributed by atoms with Crippen LogP contribution in [0, 0.1) is 5.82 Å². The van der Waals surface area contributed by atoms with Gasteiger partial charge in [0.1, 0.15) is 12.1 Å². The topological polar surface area (TPSA) is 17.1 Å². The van der Waals surface area contributed by atoms with Gasteiger partial charge in [-0.3, -0.25) is 4.79 Å². The van der Waals surface area contributed by atoms with Gasteiger partial charge in [-0.05, 0) is 41.3 Å². The van der Waals surface area contributed by atoms with Gasteiger partial charge in [-0.2, -0.15) is 0 Å². The Hall–Kier alpha value is -1.61. The van der Waals surface area contributed by atoms with Crippen molar-refractivity contribution in [2.45, 2.75) is 36.0 Å². The summed E-state index contributed by atoms with van der Waals surface area (Å²) in [5, 5.41) is 0. The molecule has 0 heterocycles. The van der Waals surface area contributed by atoms with Crippen LogP contribution in [0.15, 0.2) is 52.3 Å². The monoisotopic (exact) mass is 288 g/mol. The Morgan fingerprint density at radius 2 is 1.65 bits per heavy atom. The molecule has 0 amide bonds. The van der Waals surface area contributed by atoms with E-state index in [0.717, 1.165) is 9.79 Å². The molecule has 0 fully saturated rings. The van der Waals surface area contributed by atoms with Crippen LogP contribution in [0.4, 0.5) is 4.39 Å². The average Bonchev–Trinajstić information content (AvgIpc) is 2.37. The van der Waals surface area contributed by atoms with E-state index in [4.69, 9.17) is 0 Å². The highest BCUT2D eigenvalue weighted by molar-refractivity contribution is 7.99. The summed E-state index contributed by atoms with van der Waals surface area (Å²) in [5.74, 6) is -0.386. The molecule has 104 valence electrons. The Morgan fingerprint density at radius 3 is 2.20 bits per heavy atom. The minimum atomic E-state index is -0.386. The van der Waals surface area contributed by atoms with E-state index in [1.165, 1.54) is 29.5 Å². The molecule has 0 aliphatic carbocycles. The summed E-state index contributed by atoms with van der Waals surface area (Å²) in [4.78, 5) is 12.5. The smallest absolute Gasteiger partial charge is 0.150 e. The Bertz CT molecular complexity index is 612. The zero-order valence-corrected chi connectivity index (χ0v) is 12.6. The van der Waals surface area contributed by atoms with Gasteiger partial charge in [0.05, 0.1) is 0 Å². The fraction of sp³-hybridized carbons (Fsp3) is 0.235. The summed E-state index contributed by atoms with van der Waals surface area (Å²) in [7, 11) is 0. The molecule has 20 heavy (non-hydrogen) atoms. The van der Waals surface area contributed by atoms with Gasteiger partial charge >= 0.3 is 0 Å². The van der Waals surface area contributed by atoms with Crippen LogP contribution in [0.3, 0.4) is 0 Å². The maximum absolute atomic E-state index is 13.4. The summed E-state index contributed by atoms with van der Waals surface area (Å²) in [5.41, 5.74) is 1.74. The molecule has 0 radical (unpaired) electrons. The van der Waals surface area contributed by atoms with Crippen LogP contribution >= 0.6 is 11.8 Å². The van der Waals surface area contributed by atoms with Crippen molar-refractivity contribution in [3.63, 3.8) is 0 Å². The molecular formula is C17H17FOS. The van der Waals surface area contributed by atoms with Gasteiger partial charge in [-0.15, -0.1) is 0 Å². The van der Waals surface area contributed by atoms with Gasteiger partial charge < -0.3 is 0 Å². The molecule has 0 N–H and O–H groups in total. The van der Waals surface area contributed by atoms with Crippen molar-refractivity contribution in [3.8, 4) is 0 Å². The van der Waals surface area contributed by atoms with Crippen LogP contribution in [0.2, 0.25) is 0 Å². The molecule has 0 spiro atoms. The number of carbonyl (C=O) groups excluding carboxylic acids is 1. The van der Waals surface area contributed by atoms with Crippen molar-refractivity contribution in [2.24, 2.45) is 0 Å². The maximum Gasteiger partial charge on any atom is 0.150 e. The predicted molar refractivity (Wildman–Crippen MR) is 81.1 cm³/mol. The van der Waals surface area contributed by atoms with Crippen molar-refractivity contribution in [2.75, 3.05) is 0 Å². The molecule has 0 saturated carbocycles. The number of hydrogen-bond donors (Lipinski definition) is 0. The molecule has 3 heteroatoms. The van der Waals surface area contributed by atoms with Crippen LogP contribution in [-0.2, 0) is 5.41 Å². The van der Waals surface area contributed by atoms with E-state index in [2.05, 4.69) is 32.9 Å². The third kappa shape index (κ3) is 3.70. The molecule has 1 nitrogen and oxygen atoms in total. The molecule has 0 saturated heterocycles. The Morgan fingerprint density at radius 1 is 1.00 bits per heavy atom. The largest absolute Gasteiger partial charge is 0.298 e. The lowest BCUT2D eigenvalue weighted by Crippen LogP contribution is -2.10. The standard InChI is InChI=1S/C17H17FOS/c1-17(2,3)13-4-6-15(7-5-13)20-16-9-12(11-19)8-14(18)10-16/h4-11H,1-3H3. The van der Waals surface area contributed by atoms with Crippen LogP contribution in [0.5, 0.6) is 0 Å². The zero-order valence-electron chi connectivity index (χ0n) is 11.8. The van der Waals surface area contributed by atoms with E-state index in [1.807, 2.05) is 12.1 Å². The molecule has 0 unspecified atom stereocenters. The number of rotatable bonds is 3. The quantitative estimate of drug-likeness (QED) is 0.732. The Kier molecular flexibility index (Phi) is 4.29. The fourth-order valence-corrected chi connectivity index (χ4v) is 2.78. The summed E-state index contributed by atoms with van der Waals surface area (Å²) in [6, 6.07) is 12.6. The molecule has 0 bridgehead atoms. The van der Waals surface area contributed by atoms with Gasteiger partial charge in [-0.1, -0.05) is 44.7 Å². The number of hydrogen-bond acceptors (Lipinski definition) is 2.